The number of aromatic amines is 1. The van der Waals surface area contributed by atoms with E-state index in [4.69, 9.17) is 0 Å². The Kier molecular flexibility index (Phi) is 1.75. The quantitative estimate of drug-likeness (QED) is 0.629. The number of Topliss-reactive ketones (excluding diaryl/α,β-unsaturated/α-hetero) is 1. The maximum absolute atomic E-state index is 11.6. The Bertz CT molecular complexity index is 220. The van der Waals surface area contributed by atoms with Gasteiger partial charge in [0.25, 0.3) is 5.78 Å². The van der Waals surface area contributed by atoms with Crippen LogP contribution in [0.1, 0.15) is 10.6 Å². The second-order valence-corrected chi connectivity index (χ2v) is 1.60. The van der Waals surface area contributed by atoms with Crippen LogP contribution in [0.15, 0.2) is 12.4 Å². The van der Waals surface area contributed by atoms with Crippen LogP contribution in [-0.4, -0.2) is 22.2 Å². The molecule has 0 bridgehead atoms. The number of imidazole rings is 1. The van der Waals surface area contributed by atoms with Crippen molar-refractivity contribution in [1.82, 2.24) is 9.97 Å². The molecule has 0 atom stereocenters. The van der Waals surface area contributed by atoms with Gasteiger partial charge in [0.2, 0.25) is 0 Å². The van der Waals surface area contributed by atoms with Gasteiger partial charge in [-0.2, -0.15) is 0 Å². The molecule has 0 amide bonds. The van der Waals surface area contributed by atoms with Gasteiger partial charge >= 0.3 is 6.43 Å². The van der Waals surface area contributed by atoms with E-state index in [9.17, 15) is 13.6 Å². The van der Waals surface area contributed by atoms with E-state index in [0.717, 1.165) is 0 Å². The normalized spacial score (nSPS) is 10.3. The molecule has 1 heterocycles. The van der Waals surface area contributed by atoms with Crippen molar-refractivity contribution < 1.29 is 13.6 Å². The SMILES string of the molecule is O=C(c1ncc[nH]1)C(F)F. The summed E-state index contributed by atoms with van der Waals surface area (Å²) in [5.74, 6) is -1.57. The zero-order valence-electron chi connectivity index (χ0n) is 4.84. The molecule has 0 fully saturated rings. The summed E-state index contributed by atoms with van der Waals surface area (Å²) in [6, 6.07) is 0. The third kappa shape index (κ3) is 1.18. The first-order valence-electron chi connectivity index (χ1n) is 2.53. The Balaban J connectivity index is 2.78. The van der Waals surface area contributed by atoms with Gasteiger partial charge in [-0.15, -0.1) is 0 Å². The van der Waals surface area contributed by atoms with E-state index in [2.05, 4.69) is 9.97 Å². The average molecular weight is 146 g/mol. The molecule has 54 valence electrons. The van der Waals surface area contributed by atoms with Gasteiger partial charge in [-0.25, -0.2) is 13.8 Å². The number of hydrogen-bond acceptors (Lipinski definition) is 2. The highest BCUT2D eigenvalue weighted by atomic mass is 19.3. The van der Waals surface area contributed by atoms with Crippen LogP contribution in [0.3, 0.4) is 0 Å². The van der Waals surface area contributed by atoms with E-state index < -0.39 is 12.2 Å². The summed E-state index contributed by atoms with van der Waals surface area (Å²) < 4.78 is 23.2. The first-order chi connectivity index (χ1) is 4.72. The molecule has 1 N–H and O–H groups in total. The van der Waals surface area contributed by atoms with E-state index in [0.29, 0.717) is 0 Å². The molecule has 10 heavy (non-hydrogen) atoms. The molecule has 0 aliphatic rings. The lowest BCUT2D eigenvalue weighted by Crippen LogP contribution is -2.11. The largest absolute Gasteiger partial charge is 0.342 e. The molecule has 0 aliphatic heterocycles. The Labute approximate surface area is 55.1 Å². The van der Waals surface area contributed by atoms with Crippen molar-refractivity contribution in [3.63, 3.8) is 0 Å². The number of carbonyl (C=O) groups excluding carboxylic acids is 1. The minimum absolute atomic E-state index is 0.296. The van der Waals surface area contributed by atoms with Gasteiger partial charge in [0.1, 0.15) is 0 Å². The summed E-state index contributed by atoms with van der Waals surface area (Å²) >= 11 is 0. The topological polar surface area (TPSA) is 45.8 Å². The van der Waals surface area contributed by atoms with Crippen molar-refractivity contribution >= 4 is 5.78 Å². The number of rotatable bonds is 2. The Morgan fingerprint density at radius 3 is 2.80 bits per heavy atom. The number of hydrogen-bond donors (Lipinski definition) is 1. The fourth-order valence-corrected chi connectivity index (χ4v) is 0.503. The number of ketones is 1. The van der Waals surface area contributed by atoms with Gasteiger partial charge in [-0.1, -0.05) is 0 Å². The Morgan fingerprint density at radius 1 is 1.70 bits per heavy atom. The van der Waals surface area contributed by atoms with Crippen molar-refractivity contribution in [2.24, 2.45) is 0 Å². The molecule has 0 spiro atoms. The first kappa shape index (κ1) is 6.85. The first-order valence-corrected chi connectivity index (χ1v) is 2.53. The molecule has 3 nitrogen and oxygen atoms in total. The van der Waals surface area contributed by atoms with Crippen molar-refractivity contribution in [2.45, 2.75) is 6.43 Å². The third-order valence-corrected chi connectivity index (χ3v) is 0.930. The smallest absolute Gasteiger partial charge is 0.303 e. The van der Waals surface area contributed by atoms with Crippen molar-refractivity contribution in [3.05, 3.63) is 18.2 Å². The van der Waals surface area contributed by atoms with E-state index >= 15 is 0 Å². The average Bonchev–Trinajstić information content (AvgIpc) is 2.36. The van der Waals surface area contributed by atoms with Crippen molar-refractivity contribution in [2.75, 3.05) is 0 Å². The van der Waals surface area contributed by atoms with Crippen LogP contribution in [0.25, 0.3) is 0 Å². The van der Waals surface area contributed by atoms with Gasteiger partial charge in [0.15, 0.2) is 5.82 Å². The zero-order chi connectivity index (χ0) is 7.56. The lowest BCUT2D eigenvalue weighted by Gasteiger charge is -1.91. The molecule has 1 rings (SSSR count). The fourth-order valence-electron chi connectivity index (χ4n) is 0.503. The maximum Gasteiger partial charge on any atom is 0.303 e. The number of aromatic nitrogens is 2. The summed E-state index contributed by atoms with van der Waals surface area (Å²) in [6.07, 6.45) is -0.420. The van der Waals surface area contributed by atoms with E-state index in [-0.39, 0.29) is 5.82 Å². The molecule has 1 aromatic heterocycles. The van der Waals surface area contributed by atoms with Crippen molar-refractivity contribution in [3.8, 4) is 0 Å². The molecule has 5 heteroatoms. The van der Waals surface area contributed by atoms with E-state index in [1.165, 1.54) is 12.4 Å². The molecule has 1 aromatic rings. The van der Waals surface area contributed by atoms with Gasteiger partial charge in [0, 0.05) is 12.4 Å². The lowest BCUT2D eigenvalue weighted by atomic mass is 10.4. The molecule has 0 radical (unpaired) electrons. The number of carbonyl (C=O) groups is 1. The zero-order valence-corrected chi connectivity index (χ0v) is 4.84. The van der Waals surface area contributed by atoms with Crippen LogP contribution in [0.4, 0.5) is 8.78 Å². The number of nitrogens with zero attached hydrogens (tertiary/aromatic N) is 1. The minimum atomic E-state index is -2.98. The second-order valence-electron chi connectivity index (χ2n) is 1.60. The summed E-state index contributed by atoms with van der Waals surface area (Å²) in [5.41, 5.74) is 0. The number of H-pyrrole nitrogens is 1. The monoisotopic (exact) mass is 146 g/mol. The van der Waals surface area contributed by atoms with E-state index in [1.807, 2.05) is 0 Å². The third-order valence-electron chi connectivity index (χ3n) is 0.930. The Morgan fingerprint density at radius 2 is 2.40 bits per heavy atom. The van der Waals surface area contributed by atoms with Gasteiger partial charge in [-0.3, -0.25) is 4.79 Å². The van der Waals surface area contributed by atoms with Crippen LogP contribution >= 0.6 is 0 Å². The molecular weight excluding hydrogens is 142 g/mol. The molecule has 0 aromatic carbocycles. The van der Waals surface area contributed by atoms with Gasteiger partial charge < -0.3 is 4.98 Å². The summed E-state index contributed by atoms with van der Waals surface area (Å²) in [5, 5.41) is 0. The standard InChI is InChI=1S/C5H4F2N2O/c6-4(7)3(10)5-8-1-2-9-5/h1-2,4H,(H,8,9). The van der Waals surface area contributed by atoms with Gasteiger partial charge in [-0.05, 0) is 0 Å². The predicted octanol–water partition coefficient (Wildman–Crippen LogP) is 0.857. The number of alkyl halides is 2. The van der Waals surface area contributed by atoms with Crippen LogP contribution in [0, 0.1) is 0 Å². The molecule has 0 saturated heterocycles. The number of halogens is 2. The van der Waals surface area contributed by atoms with Crippen LogP contribution in [0.5, 0.6) is 0 Å². The van der Waals surface area contributed by atoms with E-state index in [1.54, 1.807) is 0 Å². The summed E-state index contributed by atoms with van der Waals surface area (Å²) in [6.45, 7) is 0. The van der Waals surface area contributed by atoms with Gasteiger partial charge in [0.05, 0.1) is 0 Å². The fraction of sp³-hybridized carbons (Fsp3) is 0.200. The molecule has 0 unspecified atom stereocenters. The van der Waals surface area contributed by atoms with Crippen LogP contribution in [0.2, 0.25) is 0 Å². The van der Waals surface area contributed by atoms with Crippen LogP contribution < -0.4 is 0 Å². The summed E-state index contributed by atoms with van der Waals surface area (Å²) in [4.78, 5) is 16.0. The Hall–Kier alpha value is -1.26. The van der Waals surface area contributed by atoms with Crippen molar-refractivity contribution in [1.29, 1.82) is 0 Å². The molecule has 0 aliphatic carbocycles. The summed E-state index contributed by atoms with van der Waals surface area (Å²) in [7, 11) is 0. The number of nitrogens with one attached hydrogen (secondary N) is 1. The molecule has 0 saturated carbocycles. The highest BCUT2D eigenvalue weighted by Crippen LogP contribution is 2.00. The maximum atomic E-state index is 11.6. The molecular formula is C5H4F2N2O. The minimum Gasteiger partial charge on any atom is -0.342 e. The highest BCUT2D eigenvalue weighted by Gasteiger charge is 2.19. The highest BCUT2D eigenvalue weighted by molar-refractivity contribution is 5.94. The lowest BCUT2D eigenvalue weighted by molar-refractivity contribution is 0.0668. The predicted molar refractivity (Wildman–Crippen MR) is 28.9 cm³/mol. The van der Waals surface area contributed by atoms with Crippen LogP contribution in [-0.2, 0) is 0 Å². The second kappa shape index (κ2) is 2.55.